The van der Waals surface area contributed by atoms with Crippen molar-refractivity contribution in [3.05, 3.63) is 91.0 Å². The van der Waals surface area contributed by atoms with Crippen LogP contribution in [0.25, 0.3) is 0 Å². The molecular weight excluding hydrogens is 576 g/mol. The second-order valence-electron chi connectivity index (χ2n) is 11.2. The van der Waals surface area contributed by atoms with Gasteiger partial charge in [-0.2, -0.15) is 0 Å². The number of ether oxygens (including phenoxy) is 1. The van der Waals surface area contributed by atoms with E-state index in [0.29, 0.717) is 11.8 Å². The van der Waals surface area contributed by atoms with Crippen molar-refractivity contribution in [3.63, 3.8) is 0 Å². The molecule has 1 saturated heterocycles. The van der Waals surface area contributed by atoms with Crippen molar-refractivity contribution in [3.8, 4) is 0 Å². The van der Waals surface area contributed by atoms with Gasteiger partial charge in [0, 0.05) is 0 Å². The molecule has 0 aromatic heterocycles. The van der Waals surface area contributed by atoms with Gasteiger partial charge in [-0.15, -0.1) is 0 Å². The molecule has 3 aromatic rings. The minimum atomic E-state index is -2.80. The molecule has 1 aliphatic heterocycles. The van der Waals surface area contributed by atoms with Crippen LogP contribution < -0.4 is 15.9 Å². The first-order valence-electron chi connectivity index (χ1n) is 13.0. The summed E-state index contributed by atoms with van der Waals surface area (Å²) in [5.41, 5.74) is -0.458. The Morgan fingerprint density at radius 1 is 0.861 bits per heavy atom. The Hall–Kier alpha value is -1.91. The van der Waals surface area contributed by atoms with Gasteiger partial charge in [0.05, 0.1) is 0 Å². The molecule has 1 amide bonds. The standard InChI is InChI=1S/C31H39INO2P/c1-25(26-20-22-33(23-21-26)30(34)35-31(2,3)4)24-36(32,27-14-8-5-9-15-27,28-16-10-6-11-17-28)29-18-12-7-13-19-29/h5-19,25-26H,20-24H2,1-4H3/t25-/m1/s1. The molecule has 0 spiro atoms. The molecule has 1 atom stereocenters. The molecule has 0 saturated carbocycles. The number of benzene rings is 3. The Morgan fingerprint density at radius 3 is 1.61 bits per heavy atom. The summed E-state index contributed by atoms with van der Waals surface area (Å²) < 4.78 is 2.84. The number of rotatable bonds is 6. The van der Waals surface area contributed by atoms with Gasteiger partial charge in [0.1, 0.15) is 0 Å². The van der Waals surface area contributed by atoms with Crippen LogP contribution in [0.1, 0.15) is 40.5 Å². The van der Waals surface area contributed by atoms with E-state index in [-0.39, 0.29) is 6.09 Å². The molecule has 36 heavy (non-hydrogen) atoms. The van der Waals surface area contributed by atoms with Crippen LogP contribution in [0, 0.1) is 11.8 Å². The van der Waals surface area contributed by atoms with Crippen LogP contribution in [0.5, 0.6) is 0 Å². The average Bonchev–Trinajstić information content (AvgIpc) is 2.89. The van der Waals surface area contributed by atoms with Crippen molar-refractivity contribution < 1.29 is 9.53 Å². The van der Waals surface area contributed by atoms with E-state index in [1.165, 1.54) is 15.9 Å². The number of piperidine rings is 1. The molecule has 1 heterocycles. The SMILES string of the molecule is C[C@H](CP(I)(c1ccccc1)(c1ccccc1)c1ccccc1)C1CCN(C(=O)OC(C)(C)C)CC1. The number of carbonyl (C=O) groups is 1. The monoisotopic (exact) mass is 615 g/mol. The number of likely N-dealkylation sites (tertiary alicyclic amines) is 1. The number of nitrogens with zero attached hydrogens (tertiary/aromatic N) is 1. The molecule has 1 aliphatic rings. The average molecular weight is 616 g/mol. The van der Waals surface area contributed by atoms with Crippen molar-refractivity contribution in [2.45, 2.75) is 46.1 Å². The third-order valence-electron chi connectivity index (χ3n) is 7.51. The Labute approximate surface area is 230 Å². The van der Waals surface area contributed by atoms with E-state index in [4.69, 9.17) is 4.74 Å². The van der Waals surface area contributed by atoms with Crippen molar-refractivity contribution >= 4 is 48.3 Å². The summed E-state index contributed by atoms with van der Waals surface area (Å²) in [7, 11) is 0. The molecular formula is C31H39INO2P. The van der Waals surface area contributed by atoms with Crippen molar-refractivity contribution in [1.82, 2.24) is 4.90 Å². The quantitative estimate of drug-likeness (QED) is 0.218. The summed E-state index contributed by atoms with van der Waals surface area (Å²) in [4.78, 5) is 14.5. The van der Waals surface area contributed by atoms with Crippen LogP contribution in [0.4, 0.5) is 4.79 Å². The van der Waals surface area contributed by atoms with E-state index < -0.39 is 9.85 Å². The van der Waals surface area contributed by atoms with Gasteiger partial charge in [0.2, 0.25) is 0 Å². The van der Waals surface area contributed by atoms with Gasteiger partial charge in [-0.3, -0.25) is 0 Å². The van der Waals surface area contributed by atoms with Crippen molar-refractivity contribution in [1.29, 1.82) is 0 Å². The van der Waals surface area contributed by atoms with Gasteiger partial charge in [0.15, 0.2) is 0 Å². The molecule has 0 aliphatic carbocycles. The number of amides is 1. The van der Waals surface area contributed by atoms with Crippen LogP contribution in [0.15, 0.2) is 91.0 Å². The molecule has 1 fully saturated rings. The Morgan fingerprint density at radius 2 is 1.25 bits per heavy atom. The third kappa shape index (κ3) is 5.50. The first-order valence-corrected chi connectivity index (χ1v) is 18.2. The Bertz CT molecular complexity index is 1040. The zero-order valence-electron chi connectivity index (χ0n) is 21.9. The molecule has 192 valence electrons. The summed E-state index contributed by atoms with van der Waals surface area (Å²) in [6.45, 7) is 9.76. The molecule has 3 aromatic carbocycles. The van der Waals surface area contributed by atoms with Crippen LogP contribution >= 0.6 is 26.3 Å². The summed E-state index contributed by atoms with van der Waals surface area (Å²) in [5.74, 6) is 1.07. The van der Waals surface area contributed by atoms with E-state index >= 15 is 0 Å². The van der Waals surface area contributed by atoms with Gasteiger partial charge in [-0.1, -0.05) is 0 Å². The summed E-state index contributed by atoms with van der Waals surface area (Å²) in [6.07, 6.45) is 2.95. The van der Waals surface area contributed by atoms with Crippen LogP contribution in [-0.2, 0) is 4.74 Å². The van der Waals surface area contributed by atoms with Gasteiger partial charge < -0.3 is 0 Å². The molecule has 0 bridgehead atoms. The Balaban J connectivity index is 1.68. The summed E-state index contributed by atoms with van der Waals surface area (Å²) in [5, 5.41) is 4.29. The van der Waals surface area contributed by atoms with Crippen LogP contribution in [0.3, 0.4) is 0 Å². The number of hydrogen-bond donors (Lipinski definition) is 0. The summed E-state index contributed by atoms with van der Waals surface area (Å²) in [6, 6.07) is 33.5. The summed E-state index contributed by atoms with van der Waals surface area (Å²) >= 11 is 2.89. The van der Waals surface area contributed by atoms with Crippen molar-refractivity contribution in [2.75, 3.05) is 19.3 Å². The van der Waals surface area contributed by atoms with Gasteiger partial charge in [0.25, 0.3) is 0 Å². The molecule has 0 radical (unpaired) electrons. The predicted octanol–water partition coefficient (Wildman–Crippen LogP) is 7.15. The first kappa shape index (κ1) is 27.1. The van der Waals surface area contributed by atoms with Crippen LogP contribution in [-0.4, -0.2) is 35.8 Å². The van der Waals surface area contributed by atoms with E-state index in [2.05, 4.69) is 120 Å². The second kappa shape index (κ2) is 10.8. The molecule has 0 N–H and O–H groups in total. The normalized spacial score (nSPS) is 17.1. The fourth-order valence-corrected chi connectivity index (χ4v) is 15.7. The third-order valence-corrected chi connectivity index (χ3v) is 19.1. The van der Waals surface area contributed by atoms with Gasteiger partial charge in [-0.05, 0) is 0 Å². The molecule has 4 rings (SSSR count). The van der Waals surface area contributed by atoms with Gasteiger partial charge >= 0.3 is 231 Å². The molecule has 3 nitrogen and oxygen atoms in total. The zero-order valence-corrected chi connectivity index (χ0v) is 25.0. The van der Waals surface area contributed by atoms with Gasteiger partial charge in [-0.25, -0.2) is 0 Å². The zero-order chi connectivity index (χ0) is 25.8. The molecule has 0 unspecified atom stereocenters. The van der Waals surface area contributed by atoms with E-state index in [0.717, 1.165) is 32.1 Å². The predicted molar refractivity (Wildman–Crippen MR) is 164 cm³/mol. The second-order valence-corrected chi connectivity index (χ2v) is 21.8. The fraction of sp³-hybridized carbons (Fsp3) is 0.387. The maximum atomic E-state index is 12.6. The van der Waals surface area contributed by atoms with E-state index in [9.17, 15) is 4.79 Å². The number of carbonyl (C=O) groups excluding carboxylic acids is 1. The topological polar surface area (TPSA) is 29.5 Å². The Kier molecular flexibility index (Phi) is 8.16. The van der Waals surface area contributed by atoms with Crippen molar-refractivity contribution in [2.24, 2.45) is 11.8 Å². The maximum absolute atomic E-state index is 12.6. The fourth-order valence-electron chi connectivity index (χ4n) is 5.65. The number of halogens is 1. The van der Waals surface area contributed by atoms with E-state index in [1.54, 1.807) is 0 Å². The number of hydrogen-bond acceptors (Lipinski definition) is 2. The minimum absolute atomic E-state index is 0.181. The van der Waals surface area contributed by atoms with E-state index in [1.807, 2.05) is 25.7 Å². The van der Waals surface area contributed by atoms with Crippen LogP contribution in [0.2, 0.25) is 0 Å². The first-order chi connectivity index (χ1) is 17.1. The molecule has 5 heteroatoms.